The molecule has 1 saturated heterocycles. The van der Waals surface area contributed by atoms with Crippen LogP contribution in [0.2, 0.25) is 0 Å². The van der Waals surface area contributed by atoms with E-state index in [-0.39, 0.29) is 5.54 Å². The number of alkyl halides is 1. The lowest BCUT2D eigenvalue weighted by atomic mass is 9.98. The first-order chi connectivity index (χ1) is 7.43. The molecule has 1 N–H and O–H groups in total. The van der Waals surface area contributed by atoms with Gasteiger partial charge in [-0.1, -0.05) is 22.9 Å². The third-order valence-corrected chi connectivity index (χ3v) is 5.40. The van der Waals surface area contributed by atoms with Crippen LogP contribution in [0.5, 0.6) is 0 Å². The van der Waals surface area contributed by atoms with E-state index in [1.54, 1.807) is 4.31 Å². The van der Waals surface area contributed by atoms with Crippen LogP contribution in [0.4, 0.5) is 0 Å². The molecule has 0 saturated carbocycles. The Balaban J connectivity index is 2.69. The third-order valence-electron chi connectivity index (χ3n) is 3.21. The van der Waals surface area contributed by atoms with Crippen molar-refractivity contribution in [2.45, 2.75) is 45.1 Å². The maximum Gasteiger partial charge on any atom is 0.279 e. The Kier molecular flexibility index (Phi) is 5.22. The van der Waals surface area contributed by atoms with Crippen molar-refractivity contribution in [3.63, 3.8) is 0 Å². The SMILES string of the molecule is CCC(C)(CCBr)NS(=O)(=O)N1CCCC1. The molecule has 6 heteroatoms. The predicted molar refractivity (Wildman–Crippen MR) is 70.0 cm³/mol. The Bertz CT molecular complexity index is 315. The molecule has 16 heavy (non-hydrogen) atoms. The molecule has 0 aromatic rings. The van der Waals surface area contributed by atoms with Gasteiger partial charge in [-0.3, -0.25) is 0 Å². The summed E-state index contributed by atoms with van der Waals surface area (Å²) in [6, 6.07) is 0. The monoisotopic (exact) mass is 312 g/mol. The maximum atomic E-state index is 12.1. The van der Waals surface area contributed by atoms with Gasteiger partial charge in [0.15, 0.2) is 0 Å². The molecule has 0 aromatic heterocycles. The van der Waals surface area contributed by atoms with Crippen LogP contribution in [-0.4, -0.2) is 36.7 Å². The molecular formula is C10H21BrN2O2S. The summed E-state index contributed by atoms with van der Waals surface area (Å²) in [5.74, 6) is 0. The van der Waals surface area contributed by atoms with Crippen LogP contribution >= 0.6 is 15.9 Å². The molecule has 96 valence electrons. The molecule has 4 nitrogen and oxygen atoms in total. The lowest BCUT2D eigenvalue weighted by molar-refractivity contribution is 0.369. The molecule has 1 aliphatic heterocycles. The van der Waals surface area contributed by atoms with Crippen LogP contribution in [-0.2, 0) is 10.2 Å². The standard InChI is InChI=1S/C10H21BrN2O2S/c1-3-10(2,6-7-11)12-16(14,15)13-8-4-5-9-13/h12H,3-9H2,1-2H3. The molecule has 0 aliphatic carbocycles. The molecule has 1 fully saturated rings. The average Bonchev–Trinajstić information content (AvgIpc) is 2.70. The Morgan fingerprint density at radius 1 is 1.38 bits per heavy atom. The second-order valence-electron chi connectivity index (χ2n) is 4.57. The Labute approximate surface area is 107 Å². The molecule has 0 spiro atoms. The highest BCUT2D eigenvalue weighted by Crippen LogP contribution is 2.20. The highest BCUT2D eigenvalue weighted by atomic mass is 79.9. The second-order valence-corrected chi connectivity index (χ2v) is 7.03. The van der Waals surface area contributed by atoms with Crippen molar-refractivity contribution in [3.8, 4) is 0 Å². The van der Waals surface area contributed by atoms with E-state index in [1.165, 1.54) is 0 Å². The van der Waals surface area contributed by atoms with E-state index in [1.807, 2.05) is 13.8 Å². The normalized spacial score (nSPS) is 22.2. The Morgan fingerprint density at radius 3 is 2.38 bits per heavy atom. The fraction of sp³-hybridized carbons (Fsp3) is 1.00. The summed E-state index contributed by atoms with van der Waals surface area (Å²) in [7, 11) is -3.29. The number of nitrogens with one attached hydrogen (secondary N) is 1. The molecule has 1 unspecified atom stereocenters. The molecular weight excluding hydrogens is 292 g/mol. The van der Waals surface area contributed by atoms with E-state index < -0.39 is 10.2 Å². The molecule has 0 amide bonds. The summed E-state index contributed by atoms with van der Waals surface area (Å²) in [5.41, 5.74) is -0.342. The van der Waals surface area contributed by atoms with Crippen molar-refractivity contribution in [1.29, 1.82) is 0 Å². The largest absolute Gasteiger partial charge is 0.279 e. The Hall–Kier alpha value is 0.350. The second kappa shape index (κ2) is 5.80. The summed E-state index contributed by atoms with van der Waals surface area (Å²) in [6.45, 7) is 5.28. The van der Waals surface area contributed by atoms with E-state index in [9.17, 15) is 8.42 Å². The number of hydrogen-bond donors (Lipinski definition) is 1. The summed E-state index contributed by atoms with van der Waals surface area (Å²) >= 11 is 3.37. The fourth-order valence-corrected chi connectivity index (χ4v) is 4.43. The Morgan fingerprint density at radius 2 is 1.94 bits per heavy atom. The topological polar surface area (TPSA) is 49.4 Å². The highest BCUT2D eigenvalue weighted by Gasteiger charge is 2.32. The molecule has 1 rings (SSSR count). The van der Waals surface area contributed by atoms with Crippen LogP contribution < -0.4 is 4.72 Å². The molecule has 1 heterocycles. The molecule has 1 atom stereocenters. The predicted octanol–water partition coefficient (Wildman–Crippen LogP) is 1.87. The quantitative estimate of drug-likeness (QED) is 0.761. The summed E-state index contributed by atoms with van der Waals surface area (Å²) in [6.07, 6.45) is 3.55. The number of nitrogens with zero attached hydrogens (tertiary/aromatic N) is 1. The van der Waals surface area contributed by atoms with Crippen LogP contribution in [0, 0.1) is 0 Å². The van der Waals surface area contributed by atoms with E-state index >= 15 is 0 Å². The first kappa shape index (κ1) is 14.4. The van der Waals surface area contributed by atoms with Crippen molar-refractivity contribution >= 4 is 26.1 Å². The number of hydrogen-bond acceptors (Lipinski definition) is 2. The number of halogens is 1. The summed E-state index contributed by atoms with van der Waals surface area (Å²) in [4.78, 5) is 0. The van der Waals surface area contributed by atoms with Gasteiger partial charge >= 0.3 is 0 Å². The van der Waals surface area contributed by atoms with Gasteiger partial charge in [0.25, 0.3) is 10.2 Å². The minimum absolute atomic E-state index is 0.342. The van der Waals surface area contributed by atoms with Crippen LogP contribution in [0.15, 0.2) is 0 Å². The lowest BCUT2D eigenvalue weighted by Gasteiger charge is -2.30. The smallest absolute Gasteiger partial charge is 0.196 e. The van der Waals surface area contributed by atoms with E-state index in [2.05, 4.69) is 20.7 Å². The van der Waals surface area contributed by atoms with Crippen molar-refractivity contribution in [3.05, 3.63) is 0 Å². The first-order valence-corrected chi connectivity index (χ1v) is 8.35. The molecule has 0 aromatic carbocycles. The maximum absolute atomic E-state index is 12.1. The molecule has 1 aliphatic rings. The fourth-order valence-electron chi connectivity index (χ4n) is 1.81. The van der Waals surface area contributed by atoms with Gasteiger partial charge < -0.3 is 0 Å². The van der Waals surface area contributed by atoms with Gasteiger partial charge in [-0.2, -0.15) is 17.4 Å². The van der Waals surface area contributed by atoms with Crippen LogP contribution in [0.25, 0.3) is 0 Å². The zero-order valence-corrected chi connectivity index (χ0v) is 12.4. The van der Waals surface area contributed by atoms with Crippen molar-refractivity contribution in [2.75, 3.05) is 18.4 Å². The van der Waals surface area contributed by atoms with E-state index in [0.717, 1.165) is 31.0 Å². The van der Waals surface area contributed by atoms with Gasteiger partial charge in [0.05, 0.1) is 0 Å². The minimum atomic E-state index is -3.29. The lowest BCUT2D eigenvalue weighted by Crippen LogP contribution is -2.51. The third kappa shape index (κ3) is 3.68. The summed E-state index contributed by atoms with van der Waals surface area (Å²) < 4.78 is 28.5. The first-order valence-electron chi connectivity index (χ1n) is 5.78. The zero-order valence-electron chi connectivity index (χ0n) is 10.00. The van der Waals surface area contributed by atoms with Crippen molar-refractivity contribution < 1.29 is 8.42 Å². The van der Waals surface area contributed by atoms with Gasteiger partial charge in [-0.25, -0.2) is 0 Å². The molecule has 0 radical (unpaired) electrons. The van der Waals surface area contributed by atoms with Gasteiger partial charge in [0, 0.05) is 24.0 Å². The van der Waals surface area contributed by atoms with E-state index in [0.29, 0.717) is 13.1 Å². The van der Waals surface area contributed by atoms with Gasteiger partial charge in [-0.05, 0) is 32.6 Å². The van der Waals surface area contributed by atoms with Crippen molar-refractivity contribution in [1.82, 2.24) is 9.03 Å². The van der Waals surface area contributed by atoms with Gasteiger partial charge in [0.1, 0.15) is 0 Å². The van der Waals surface area contributed by atoms with Crippen molar-refractivity contribution in [2.24, 2.45) is 0 Å². The highest BCUT2D eigenvalue weighted by molar-refractivity contribution is 9.09. The van der Waals surface area contributed by atoms with Crippen LogP contribution in [0.1, 0.15) is 39.5 Å². The number of rotatable bonds is 6. The summed E-state index contributed by atoms with van der Waals surface area (Å²) in [5, 5.41) is 0.805. The van der Waals surface area contributed by atoms with Gasteiger partial charge in [0.2, 0.25) is 0 Å². The van der Waals surface area contributed by atoms with Crippen LogP contribution in [0.3, 0.4) is 0 Å². The molecule has 0 bridgehead atoms. The average molecular weight is 313 g/mol. The van der Waals surface area contributed by atoms with Gasteiger partial charge in [-0.15, -0.1) is 0 Å². The zero-order chi connectivity index (χ0) is 12.2. The minimum Gasteiger partial charge on any atom is -0.196 e. The van der Waals surface area contributed by atoms with E-state index in [4.69, 9.17) is 0 Å².